The summed E-state index contributed by atoms with van der Waals surface area (Å²) in [5, 5.41) is 4.04. The molecule has 0 aromatic carbocycles. The van der Waals surface area contributed by atoms with E-state index < -0.39 is 0 Å². The Kier molecular flexibility index (Phi) is 2.38. The van der Waals surface area contributed by atoms with Crippen molar-refractivity contribution in [1.29, 1.82) is 0 Å². The summed E-state index contributed by atoms with van der Waals surface area (Å²) < 4.78 is 1.51. The van der Waals surface area contributed by atoms with E-state index in [9.17, 15) is 0 Å². The lowest BCUT2D eigenvalue weighted by atomic mass is 10.3. The van der Waals surface area contributed by atoms with E-state index in [0.29, 0.717) is 17.3 Å². The van der Waals surface area contributed by atoms with Crippen molar-refractivity contribution < 1.29 is 0 Å². The van der Waals surface area contributed by atoms with E-state index in [4.69, 9.17) is 5.73 Å². The van der Waals surface area contributed by atoms with Crippen LogP contribution in [0.5, 0.6) is 0 Å². The Balaban J connectivity index is 2.12. The van der Waals surface area contributed by atoms with E-state index in [1.54, 1.807) is 30.9 Å². The van der Waals surface area contributed by atoms with Crippen LogP contribution in [0, 0.1) is 0 Å². The van der Waals surface area contributed by atoms with Crippen molar-refractivity contribution in [1.82, 2.24) is 34.7 Å². The molecule has 3 rings (SSSR count). The summed E-state index contributed by atoms with van der Waals surface area (Å²) >= 11 is 0. The highest BCUT2D eigenvalue weighted by molar-refractivity contribution is 5.53. The van der Waals surface area contributed by atoms with Gasteiger partial charge in [-0.3, -0.25) is 0 Å². The first-order chi connectivity index (χ1) is 8.83. The first-order valence-electron chi connectivity index (χ1n) is 5.10. The molecule has 0 fully saturated rings. The van der Waals surface area contributed by atoms with Crippen LogP contribution in [0.15, 0.2) is 37.2 Å². The van der Waals surface area contributed by atoms with Crippen LogP contribution in [0.2, 0.25) is 0 Å². The predicted octanol–water partition coefficient (Wildman–Crippen LogP) is 0.0965. The molecule has 3 aromatic heterocycles. The van der Waals surface area contributed by atoms with Crippen LogP contribution < -0.4 is 5.73 Å². The number of nitrogens with two attached hydrogens (primary N) is 1. The highest BCUT2D eigenvalue weighted by Crippen LogP contribution is 2.13. The van der Waals surface area contributed by atoms with Crippen molar-refractivity contribution in [2.45, 2.75) is 0 Å². The van der Waals surface area contributed by atoms with Crippen LogP contribution in [0.4, 0.5) is 5.95 Å². The second-order valence-corrected chi connectivity index (χ2v) is 3.40. The van der Waals surface area contributed by atoms with E-state index in [0.717, 1.165) is 0 Å². The van der Waals surface area contributed by atoms with Gasteiger partial charge in [-0.15, -0.1) is 0 Å². The average molecular weight is 240 g/mol. The molecule has 0 aliphatic carbocycles. The largest absolute Gasteiger partial charge is 0.368 e. The quantitative estimate of drug-likeness (QED) is 0.676. The zero-order valence-electron chi connectivity index (χ0n) is 9.17. The molecule has 0 saturated heterocycles. The van der Waals surface area contributed by atoms with Crippen molar-refractivity contribution in [3.63, 3.8) is 0 Å². The molecule has 0 atom stereocenters. The van der Waals surface area contributed by atoms with Gasteiger partial charge in [-0.25, -0.2) is 14.6 Å². The average Bonchev–Trinajstić information content (AvgIpc) is 2.93. The first kappa shape index (κ1) is 10.3. The molecule has 0 unspecified atom stereocenters. The number of nitrogens with zero attached hydrogens (tertiary/aromatic N) is 7. The van der Waals surface area contributed by atoms with E-state index in [1.807, 2.05) is 0 Å². The molecule has 0 spiro atoms. The lowest BCUT2D eigenvalue weighted by Crippen LogP contribution is -2.08. The molecular formula is C10H8N8. The molecule has 0 amide bonds. The van der Waals surface area contributed by atoms with Gasteiger partial charge in [0.1, 0.15) is 6.33 Å². The van der Waals surface area contributed by atoms with Gasteiger partial charge in [-0.2, -0.15) is 20.1 Å². The van der Waals surface area contributed by atoms with Gasteiger partial charge in [-0.1, -0.05) is 0 Å². The van der Waals surface area contributed by atoms with Crippen molar-refractivity contribution in [3.05, 3.63) is 37.2 Å². The van der Waals surface area contributed by atoms with Crippen LogP contribution in [0.3, 0.4) is 0 Å². The van der Waals surface area contributed by atoms with E-state index in [-0.39, 0.29) is 5.95 Å². The van der Waals surface area contributed by atoms with Crippen molar-refractivity contribution >= 4 is 5.95 Å². The van der Waals surface area contributed by atoms with Crippen LogP contribution in [-0.4, -0.2) is 34.7 Å². The van der Waals surface area contributed by atoms with Crippen LogP contribution in [0.1, 0.15) is 0 Å². The number of anilines is 1. The third kappa shape index (κ3) is 1.86. The maximum Gasteiger partial charge on any atom is 0.255 e. The Morgan fingerprint density at radius 3 is 2.61 bits per heavy atom. The van der Waals surface area contributed by atoms with Crippen LogP contribution >= 0.6 is 0 Å². The summed E-state index contributed by atoms with van der Waals surface area (Å²) in [4.78, 5) is 20.1. The maximum atomic E-state index is 5.66. The zero-order chi connectivity index (χ0) is 12.4. The highest BCUT2D eigenvalue weighted by Gasteiger charge is 2.08. The van der Waals surface area contributed by atoms with Gasteiger partial charge in [-0.05, 0) is 6.07 Å². The minimum atomic E-state index is 0.120. The Morgan fingerprint density at radius 1 is 1.06 bits per heavy atom. The molecule has 0 aliphatic heterocycles. The van der Waals surface area contributed by atoms with Crippen molar-refractivity contribution in [3.8, 4) is 17.3 Å². The number of rotatable bonds is 2. The highest BCUT2D eigenvalue weighted by atomic mass is 15.4. The molecule has 0 radical (unpaired) electrons. The number of hydrogen-bond donors (Lipinski definition) is 1. The minimum absolute atomic E-state index is 0.120. The van der Waals surface area contributed by atoms with E-state index in [2.05, 4.69) is 30.0 Å². The number of nitrogen functional groups attached to an aromatic ring is 1. The molecule has 18 heavy (non-hydrogen) atoms. The van der Waals surface area contributed by atoms with Crippen LogP contribution in [0.25, 0.3) is 17.3 Å². The molecule has 3 aromatic rings. The van der Waals surface area contributed by atoms with Gasteiger partial charge >= 0.3 is 0 Å². The fourth-order valence-corrected chi connectivity index (χ4v) is 1.41. The summed E-state index contributed by atoms with van der Waals surface area (Å²) in [5.41, 5.74) is 6.33. The summed E-state index contributed by atoms with van der Waals surface area (Å²) in [6.45, 7) is 0. The smallest absolute Gasteiger partial charge is 0.255 e. The monoisotopic (exact) mass is 240 g/mol. The number of aromatic nitrogens is 7. The molecule has 88 valence electrons. The summed E-state index contributed by atoms with van der Waals surface area (Å²) in [7, 11) is 0. The normalized spacial score (nSPS) is 10.4. The molecular weight excluding hydrogens is 232 g/mol. The third-order valence-electron chi connectivity index (χ3n) is 2.17. The molecule has 8 nitrogen and oxygen atoms in total. The molecule has 0 bridgehead atoms. The van der Waals surface area contributed by atoms with Gasteiger partial charge in [0.05, 0.1) is 5.56 Å². The van der Waals surface area contributed by atoms with Gasteiger partial charge < -0.3 is 5.73 Å². The van der Waals surface area contributed by atoms with Crippen molar-refractivity contribution in [2.75, 3.05) is 5.73 Å². The topological polar surface area (TPSA) is 108 Å². The number of hydrogen-bond acceptors (Lipinski definition) is 7. The second-order valence-electron chi connectivity index (χ2n) is 3.40. The standard InChI is InChI=1S/C10H8N8/c11-9-15-8(7-4-12-6-13-5-7)16-10(17-9)18-3-1-2-14-18/h1-6H,(H2,11,15,16,17). The van der Waals surface area contributed by atoms with E-state index >= 15 is 0 Å². The second kappa shape index (κ2) is 4.17. The summed E-state index contributed by atoms with van der Waals surface area (Å²) in [6.07, 6.45) is 8.00. The predicted molar refractivity (Wildman–Crippen MR) is 62.4 cm³/mol. The maximum absolute atomic E-state index is 5.66. The molecule has 0 aliphatic rings. The lowest BCUT2D eigenvalue weighted by Gasteiger charge is -2.03. The Morgan fingerprint density at radius 2 is 1.89 bits per heavy atom. The fourth-order valence-electron chi connectivity index (χ4n) is 1.41. The van der Waals surface area contributed by atoms with Gasteiger partial charge in [0.25, 0.3) is 5.95 Å². The first-order valence-corrected chi connectivity index (χ1v) is 5.10. The Bertz CT molecular complexity index is 649. The fraction of sp³-hybridized carbons (Fsp3) is 0. The minimum Gasteiger partial charge on any atom is -0.368 e. The molecule has 8 heteroatoms. The zero-order valence-corrected chi connectivity index (χ0v) is 9.17. The third-order valence-corrected chi connectivity index (χ3v) is 2.17. The Hall–Kier alpha value is -2.90. The SMILES string of the molecule is Nc1nc(-c2cncnc2)nc(-n2cccn2)n1. The van der Waals surface area contributed by atoms with Gasteiger partial charge in [0, 0.05) is 24.8 Å². The summed E-state index contributed by atoms with van der Waals surface area (Å²) in [6, 6.07) is 1.77. The summed E-state index contributed by atoms with van der Waals surface area (Å²) in [5.74, 6) is 0.884. The van der Waals surface area contributed by atoms with Gasteiger partial charge in [0.2, 0.25) is 5.95 Å². The molecule has 2 N–H and O–H groups in total. The van der Waals surface area contributed by atoms with E-state index in [1.165, 1.54) is 11.0 Å². The van der Waals surface area contributed by atoms with Gasteiger partial charge in [0.15, 0.2) is 5.82 Å². The lowest BCUT2D eigenvalue weighted by molar-refractivity contribution is 0.801. The Labute approximate surface area is 102 Å². The molecule has 0 saturated carbocycles. The van der Waals surface area contributed by atoms with Crippen molar-refractivity contribution in [2.24, 2.45) is 0 Å². The van der Waals surface area contributed by atoms with Crippen LogP contribution in [-0.2, 0) is 0 Å². The molecule has 3 heterocycles.